The van der Waals surface area contributed by atoms with Gasteiger partial charge in [0.2, 0.25) is 0 Å². The molecule has 4 heteroatoms. The molecule has 1 N–H and O–H groups in total. The lowest BCUT2D eigenvalue weighted by molar-refractivity contribution is 0.206. The summed E-state index contributed by atoms with van der Waals surface area (Å²) in [6.45, 7) is 2.90. The van der Waals surface area contributed by atoms with Crippen molar-refractivity contribution in [3.8, 4) is 0 Å². The minimum Gasteiger partial charge on any atom is -0.472 e. The van der Waals surface area contributed by atoms with Crippen LogP contribution in [0.2, 0.25) is 0 Å². The van der Waals surface area contributed by atoms with Crippen molar-refractivity contribution in [2.45, 2.75) is 26.0 Å². The molecule has 0 aromatic carbocycles. The fourth-order valence-electron chi connectivity index (χ4n) is 1.58. The Labute approximate surface area is 88.1 Å². The van der Waals surface area contributed by atoms with Gasteiger partial charge in [0.1, 0.15) is 6.10 Å². The van der Waals surface area contributed by atoms with Crippen molar-refractivity contribution in [2.24, 2.45) is 0 Å². The van der Waals surface area contributed by atoms with E-state index in [0.29, 0.717) is 0 Å². The first-order chi connectivity index (χ1) is 7.33. The average molecular weight is 206 g/mol. The zero-order chi connectivity index (χ0) is 10.7. The van der Waals surface area contributed by atoms with Gasteiger partial charge in [-0.3, -0.25) is 4.68 Å². The van der Waals surface area contributed by atoms with Gasteiger partial charge in [-0.05, 0) is 18.6 Å². The first kappa shape index (κ1) is 9.98. The minimum atomic E-state index is -0.655. The highest BCUT2D eigenvalue weighted by molar-refractivity contribution is 5.21. The molecular weight excluding hydrogens is 192 g/mol. The normalized spacial score (nSPS) is 12.9. The fraction of sp³-hybridized carbons (Fsp3) is 0.364. The molecule has 2 aromatic rings. The molecule has 4 nitrogen and oxygen atoms in total. The molecule has 80 valence electrons. The third-order valence-corrected chi connectivity index (χ3v) is 2.32. The van der Waals surface area contributed by atoms with Crippen LogP contribution in [0, 0.1) is 0 Å². The molecular formula is C11H14N2O2. The number of nitrogens with zero attached hydrogens (tertiary/aromatic N) is 2. The van der Waals surface area contributed by atoms with E-state index >= 15 is 0 Å². The molecule has 2 rings (SSSR count). The van der Waals surface area contributed by atoms with Crippen LogP contribution in [0.15, 0.2) is 35.3 Å². The molecule has 2 heterocycles. The van der Waals surface area contributed by atoms with E-state index in [-0.39, 0.29) is 0 Å². The van der Waals surface area contributed by atoms with Crippen molar-refractivity contribution >= 4 is 0 Å². The van der Waals surface area contributed by atoms with Gasteiger partial charge in [0.05, 0.1) is 18.2 Å². The van der Waals surface area contributed by atoms with Crippen LogP contribution >= 0.6 is 0 Å². The van der Waals surface area contributed by atoms with Crippen LogP contribution in [0.3, 0.4) is 0 Å². The Morgan fingerprint density at radius 2 is 2.40 bits per heavy atom. The molecule has 0 saturated carbocycles. The second-order valence-electron chi connectivity index (χ2n) is 3.44. The topological polar surface area (TPSA) is 51.2 Å². The standard InChI is InChI=1S/C11H14N2O2/c1-2-6-13-10(3-5-12-13)11(14)9-4-7-15-8-9/h3-5,7-8,11,14H,2,6H2,1H3. The molecule has 0 bridgehead atoms. The van der Waals surface area contributed by atoms with Gasteiger partial charge in [0, 0.05) is 18.3 Å². The summed E-state index contributed by atoms with van der Waals surface area (Å²) >= 11 is 0. The number of aliphatic hydroxyl groups is 1. The molecule has 0 aliphatic rings. The van der Waals surface area contributed by atoms with Gasteiger partial charge in [0.25, 0.3) is 0 Å². The fourth-order valence-corrected chi connectivity index (χ4v) is 1.58. The number of hydrogen-bond acceptors (Lipinski definition) is 3. The van der Waals surface area contributed by atoms with Crippen molar-refractivity contribution in [3.05, 3.63) is 42.1 Å². The second-order valence-corrected chi connectivity index (χ2v) is 3.44. The molecule has 0 radical (unpaired) electrons. The van der Waals surface area contributed by atoms with Crippen molar-refractivity contribution in [3.63, 3.8) is 0 Å². The van der Waals surface area contributed by atoms with Crippen LogP contribution in [0.4, 0.5) is 0 Å². The molecule has 0 saturated heterocycles. The van der Waals surface area contributed by atoms with Gasteiger partial charge in [-0.1, -0.05) is 6.92 Å². The van der Waals surface area contributed by atoms with E-state index in [4.69, 9.17) is 4.42 Å². The lowest BCUT2D eigenvalue weighted by Crippen LogP contribution is -2.09. The Hall–Kier alpha value is -1.55. The predicted octanol–water partition coefficient (Wildman–Crippen LogP) is 1.97. The summed E-state index contributed by atoms with van der Waals surface area (Å²) < 4.78 is 6.76. The highest BCUT2D eigenvalue weighted by atomic mass is 16.3. The van der Waals surface area contributed by atoms with Gasteiger partial charge in [-0.25, -0.2) is 0 Å². The Kier molecular flexibility index (Phi) is 2.87. The van der Waals surface area contributed by atoms with E-state index in [1.54, 1.807) is 24.8 Å². The number of aliphatic hydroxyl groups excluding tert-OH is 1. The lowest BCUT2D eigenvalue weighted by atomic mass is 10.1. The van der Waals surface area contributed by atoms with E-state index in [1.165, 1.54) is 0 Å². The third kappa shape index (κ3) is 1.94. The summed E-state index contributed by atoms with van der Waals surface area (Å²) in [5, 5.41) is 14.2. The number of hydrogen-bond donors (Lipinski definition) is 1. The third-order valence-electron chi connectivity index (χ3n) is 2.32. The van der Waals surface area contributed by atoms with Crippen LogP contribution in [-0.4, -0.2) is 14.9 Å². The number of aromatic nitrogens is 2. The maximum atomic E-state index is 10.1. The Morgan fingerprint density at radius 1 is 1.53 bits per heavy atom. The summed E-state index contributed by atoms with van der Waals surface area (Å²) in [5.41, 5.74) is 1.56. The molecule has 1 atom stereocenters. The summed E-state index contributed by atoms with van der Waals surface area (Å²) in [6.07, 6.45) is 5.14. The van der Waals surface area contributed by atoms with Gasteiger partial charge in [-0.15, -0.1) is 0 Å². The van der Waals surface area contributed by atoms with Gasteiger partial charge in [0.15, 0.2) is 0 Å². The molecule has 0 amide bonds. The average Bonchev–Trinajstić information content (AvgIpc) is 2.87. The smallest absolute Gasteiger partial charge is 0.124 e. The number of furan rings is 1. The Balaban J connectivity index is 2.25. The molecule has 0 spiro atoms. The molecule has 1 unspecified atom stereocenters. The SMILES string of the molecule is CCCn1nccc1C(O)c1ccoc1. The summed E-state index contributed by atoms with van der Waals surface area (Å²) in [5.74, 6) is 0. The van der Waals surface area contributed by atoms with E-state index in [0.717, 1.165) is 24.2 Å². The van der Waals surface area contributed by atoms with Crippen LogP contribution in [0.1, 0.15) is 30.7 Å². The molecule has 2 aromatic heterocycles. The zero-order valence-corrected chi connectivity index (χ0v) is 8.63. The summed E-state index contributed by atoms with van der Waals surface area (Å²) in [7, 11) is 0. The minimum absolute atomic E-state index is 0.655. The van der Waals surface area contributed by atoms with E-state index < -0.39 is 6.10 Å². The second kappa shape index (κ2) is 4.31. The highest BCUT2D eigenvalue weighted by Crippen LogP contribution is 2.21. The Bertz CT molecular complexity index is 406. The Morgan fingerprint density at radius 3 is 3.07 bits per heavy atom. The monoisotopic (exact) mass is 206 g/mol. The van der Waals surface area contributed by atoms with Crippen molar-refractivity contribution in [2.75, 3.05) is 0 Å². The van der Waals surface area contributed by atoms with E-state index in [1.807, 2.05) is 10.7 Å². The molecule has 0 aliphatic carbocycles. The number of aryl methyl sites for hydroxylation is 1. The quantitative estimate of drug-likeness (QED) is 0.832. The first-order valence-corrected chi connectivity index (χ1v) is 5.04. The first-order valence-electron chi connectivity index (χ1n) is 5.04. The van der Waals surface area contributed by atoms with Crippen molar-refractivity contribution in [1.29, 1.82) is 0 Å². The largest absolute Gasteiger partial charge is 0.472 e. The van der Waals surface area contributed by atoms with Crippen LogP contribution in [0.5, 0.6) is 0 Å². The van der Waals surface area contributed by atoms with Crippen LogP contribution < -0.4 is 0 Å². The van der Waals surface area contributed by atoms with Gasteiger partial charge < -0.3 is 9.52 Å². The summed E-state index contributed by atoms with van der Waals surface area (Å²) in [6, 6.07) is 3.58. The van der Waals surface area contributed by atoms with E-state index in [2.05, 4.69) is 12.0 Å². The van der Waals surface area contributed by atoms with Crippen LogP contribution in [0.25, 0.3) is 0 Å². The maximum absolute atomic E-state index is 10.1. The summed E-state index contributed by atoms with van der Waals surface area (Å²) in [4.78, 5) is 0. The molecule has 0 fully saturated rings. The maximum Gasteiger partial charge on any atom is 0.124 e. The number of rotatable bonds is 4. The van der Waals surface area contributed by atoms with E-state index in [9.17, 15) is 5.11 Å². The molecule has 15 heavy (non-hydrogen) atoms. The van der Waals surface area contributed by atoms with Crippen molar-refractivity contribution in [1.82, 2.24) is 9.78 Å². The lowest BCUT2D eigenvalue weighted by Gasteiger charge is -2.10. The zero-order valence-electron chi connectivity index (χ0n) is 8.63. The van der Waals surface area contributed by atoms with Crippen LogP contribution in [-0.2, 0) is 6.54 Å². The van der Waals surface area contributed by atoms with Gasteiger partial charge in [-0.2, -0.15) is 5.10 Å². The van der Waals surface area contributed by atoms with Gasteiger partial charge >= 0.3 is 0 Å². The predicted molar refractivity (Wildman–Crippen MR) is 55.3 cm³/mol. The highest BCUT2D eigenvalue weighted by Gasteiger charge is 2.15. The van der Waals surface area contributed by atoms with Crippen molar-refractivity contribution < 1.29 is 9.52 Å². The molecule has 0 aliphatic heterocycles.